The number of fused-ring (bicyclic) bond motifs is 1. The first-order valence-electron chi connectivity index (χ1n) is 7.73. The van der Waals surface area contributed by atoms with Crippen LogP contribution in [0.4, 0.5) is 5.69 Å². The molecule has 1 unspecified atom stereocenters. The SMILES string of the molecule is Cc1ccc(SC(C)C(=O)Nc2ccc3[nH]c(=O)c(=O)[nH]c3c2)cc1. The maximum absolute atomic E-state index is 12.4. The molecule has 0 aliphatic carbocycles. The summed E-state index contributed by atoms with van der Waals surface area (Å²) in [6, 6.07) is 12.9. The monoisotopic (exact) mass is 355 g/mol. The highest BCUT2D eigenvalue weighted by molar-refractivity contribution is 8.00. The summed E-state index contributed by atoms with van der Waals surface area (Å²) in [7, 11) is 0. The first-order chi connectivity index (χ1) is 11.9. The average Bonchev–Trinajstić information content (AvgIpc) is 2.58. The van der Waals surface area contributed by atoms with Gasteiger partial charge in [0.25, 0.3) is 0 Å². The van der Waals surface area contributed by atoms with E-state index in [2.05, 4.69) is 15.3 Å². The van der Waals surface area contributed by atoms with Gasteiger partial charge < -0.3 is 15.3 Å². The molecule has 25 heavy (non-hydrogen) atoms. The molecule has 3 rings (SSSR count). The highest BCUT2D eigenvalue weighted by atomic mass is 32.2. The number of hydrogen-bond acceptors (Lipinski definition) is 4. The van der Waals surface area contributed by atoms with Gasteiger partial charge in [-0.2, -0.15) is 0 Å². The Hall–Kier alpha value is -2.80. The molecule has 7 heteroatoms. The molecule has 0 bridgehead atoms. The van der Waals surface area contributed by atoms with E-state index in [1.165, 1.54) is 17.3 Å². The van der Waals surface area contributed by atoms with Crippen LogP contribution in [-0.2, 0) is 4.79 Å². The molecule has 3 aromatic rings. The molecular weight excluding hydrogens is 338 g/mol. The van der Waals surface area contributed by atoms with Crippen molar-refractivity contribution in [1.82, 2.24) is 9.97 Å². The quantitative estimate of drug-likeness (QED) is 0.495. The van der Waals surface area contributed by atoms with Crippen molar-refractivity contribution in [2.24, 2.45) is 0 Å². The van der Waals surface area contributed by atoms with Crippen molar-refractivity contribution in [2.75, 3.05) is 5.32 Å². The number of aromatic amines is 2. The topological polar surface area (TPSA) is 94.8 Å². The van der Waals surface area contributed by atoms with Crippen LogP contribution < -0.4 is 16.4 Å². The van der Waals surface area contributed by atoms with Gasteiger partial charge >= 0.3 is 11.1 Å². The largest absolute Gasteiger partial charge is 0.325 e. The Balaban J connectivity index is 1.74. The van der Waals surface area contributed by atoms with Crippen molar-refractivity contribution in [1.29, 1.82) is 0 Å². The molecule has 1 atom stereocenters. The van der Waals surface area contributed by atoms with Crippen LogP contribution in [0.15, 0.2) is 56.9 Å². The van der Waals surface area contributed by atoms with Gasteiger partial charge in [0, 0.05) is 10.6 Å². The number of hydrogen-bond donors (Lipinski definition) is 3. The summed E-state index contributed by atoms with van der Waals surface area (Å²) >= 11 is 1.47. The lowest BCUT2D eigenvalue weighted by molar-refractivity contribution is -0.115. The first kappa shape index (κ1) is 17.0. The molecule has 3 N–H and O–H groups in total. The van der Waals surface area contributed by atoms with Gasteiger partial charge in [0.1, 0.15) is 0 Å². The second-order valence-electron chi connectivity index (χ2n) is 5.73. The summed E-state index contributed by atoms with van der Waals surface area (Å²) in [4.78, 5) is 41.1. The predicted molar refractivity (Wildman–Crippen MR) is 100 cm³/mol. The normalized spacial score (nSPS) is 12.1. The molecule has 1 amide bonds. The fourth-order valence-corrected chi connectivity index (χ4v) is 3.18. The minimum Gasteiger partial charge on any atom is -0.325 e. The predicted octanol–water partition coefficient (Wildman–Crippen LogP) is 2.64. The van der Waals surface area contributed by atoms with Crippen LogP contribution in [0.2, 0.25) is 0 Å². The molecule has 0 spiro atoms. The number of H-pyrrole nitrogens is 2. The Morgan fingerprint density at radius 1 is 1.00 bits per heavy atom. The summed E-state index contributed by atoms with van der Waals surface area (Å²) in [6.07, 6.45) is 0. The summed E-state index contributed by atoms with van der Waals surface area (Å²) in [6.45, 7) is 3.85. The van der Waals surface area contributed by atoms with Gasteiger partial charge in [0.15, 0.2) is 0 Å². The molecule has 1 aromatic heterocycles. The van der Waals surface area contributed by atoms with Crippen LogP contribution >= 0.6 is 11.8 Å². The number of anilines is 1. The van der Waals surface area contributed by atoms with Crippen molar-refractivity contribution in [2.45, 2.75) is 24.0 Å². The minimum atomic E-state index is -0.723. The third kappa shape index (κ3) is 4.00. The fraction of sp³-hybridized carbons (Fsp3) is 0.167. The van der Waals surface area contributed by atoms with E-state index in [9.17, 15) is 14.4 Å². The van der Waals surface area contributed by atoms with Gasteiger partial charge in [-0.05, 0) is 44.2 Å². The lowest BCUT2D eigenvalue weighted by Gasteiger charge is -2.12. The molecule has 0 saturated heterocycles. The minimum absolute atomic E-state index is 0.142. The molecule has 6 nitrogen and oxygen atoms in total. The van der Waals surface area contributed by atoms with E-state index in [1.54, 1.807) is 18.2 Å². The third-order valence-electron chi connectivity index (χ3n) is 3.69. The summed E-state index contributed by atoms with van der Waals surface area (Å²) in [5, 5.41) is 2.54. The van der Waals surface area contributed by atoms with Crippen molar-refractivity contribution in [3.63, 3.8) is 0 Å². The number of rotatable bonds is 4. The number of benzene rings is 2. The Bertz CT molecular complexity index is 1040. The lowest BCUT2D eigenvalue weighted by atomic mass is 10.2. The number of aromatic nitrogens is 2. The molecule has 2 aromatic carbocycles. The second-order valence-corrected chi connectivity index (χ2v) is 7.15. The van der Waals surface area contributed by atoms with E-state index in [4.69, 9.17) is 0 Å². The van der Waals surface area contributed by atoms with Crippen molar-refractivity contribution >= 4 is 34.4 Å². The zero-order valence-electron chi connectivity index (χ0n) is 13.8. The van der Waals surface area contributed by atoms with Crippen molar-refractivity contribution in [3.8, 4) is 0 Å². The Morgan fingerprint density at radius 3 is 2.32 bits per heavy atom. The van der Waals surface area contributed by atoms with Crippen LogP contribution in [0.5, 0.6) is 0 Å². The van der Waals surface area contributed by atoms with E-state index in [0.717, 1.165) is 4.90 Å². The molecule has 0 saturated carbocycles. The molecule has 0 fully saturated rings. The zero-order valence-corrected chi connectivity index (χ0v) is 14.6. The number of aryl methyl sites for hydroxylation is 1. The number of nitrogens with one attached hydrogen (secondary N) is 3. The van der Waals surface area contributed by atoms with E-state index in [1.807, 2.05) is 38.1 Å². The molecule has 0 aliphatic heterocycles. The molecule has 0 aliphatic rings. The van der Waals surface area contributed by atoms with Crippen molar-refractivity contribution < 1.29 is 4.79 Å². The van der Waals surface area contributed by atoms with E-state index in [0.29, 0.717) is 16.7 Å². The van der Waals surface area contributed by atoms with Gasteiger partial charge in [-0.15, -0.1) is 11.8 Å². The zero-order chi connectivity index (χ0) is 18.0. The van der Waals surface area contributed by atoms with Crippen LogP contribution in [0.1, 0.15) is 12.5 Å². The highest BCUT2D eigenvalue weighted by Gasteiger charge is 2.15. The van der Waals surface area contributed by atoms with Gasteiger partial charge in [-0.25, -0.2) is 0 Å². The summed E-state index contributed by atoms with van der Waals surface area (Å²) < 4.78 is 0. The van der Waals surface area contributed by atoms with Gasteiger partial charge in [0.05, 0.1) is 16.3 Å². The van der Waals surface area contributed by atoms with Crippen LogP contribution in [0.3, 0.4) is 0 Å². The Kier molecular flexibility index (Phi) is 4.76. The molecular formula is C18H17N3O3S. The number of carbonyl (C=O) groups excluding carboxylic acids is 1. The van der Waals surface area contributed by atoms with E-state index in [-0.39, 0.29) is 11.2 Å². The smallest absolute Gasteiger partial charge is 0.314 e. The first-order valence-corrected chi connectivity index (χ1v) is 8.61. The highest BCUT2D eigenvalue weighted by Crippen LogP contribution is 2.24. The third-order valence-corrected chi connectivity index (χ3v) is 4.80. The maximum Gasteiger partial charge on any atom is 0.314 e. The Labute approximate surface area is 147 Å². The van der Waals surface area contributed by atoms with Crippen LogP contribution in [-0.4, -0.2) is 21.1 Å². The van der Waals surface area contributed by atoms with Crippen molar-refractivity contribution in [3.05, 3.63) is 68.7 Å². The molecule has 0 radical (unpaired) electrons. The summed E-state index contributed by atoms with van der Waals surface area (Å²) in [5.74, 6) is -0.142. The number of amides is 1. The van der Waals surface area contributed by atoms with Gasteiger partial charge in [-0.1, -0.05) is 17.7 Å². The summed E-state index contributed by atoms with van der Waals surface area (Å²) in [5.41, 5.74) is 1.26. The number of carbonyl (C=O) groups is 1. The second kappa shape index (κ2) is 6.98. The molecule has 128 valence electrons. The van der Waals surface area contributed by atoms with E-state index < -0.39 is 11.1 Å². The standard InChI is InChI=1S/C18H17N3O3S/c1-10-3-6-13(7-4-10)25-11(2)16(22)19-12-5-8-14-15(9-12)21-18(24)17(23)20-14/h3-9,11H,1-2H3,(H,19,22)(H,20,23)(H,21,24). The van der Waals surface area contributed by atoms with Crippen LogP contribution in [0, 0.1) is 6.92 Å². The Morgan fingerprint density at radius 2 is 1.64 bits per heavy atom. The average molecular weight is 355 g/mol. The molecule has 1 heterocycles. The van der Waals surface area contributed by atoms with Gasteiger partial charge in [0.2, 0.25) is 5.91 Å². The number of thioether (sulfide) groups is 1. The van der Waals surface area contributed by atoms with Crippen LogP contribution in [0.25, 0.3) is 11.0 Å². The van der Waals surface area contributed by atoms with Gasteiger partial charge in [-0.3, -0.25) is 14.4 Å². The lowest BCUT2D eigenvalue weighted by Crippen LogP contribution is -2.29. The maximum atomic E-state index is 12.4. The van der Waals surface area contributed by atoms with E-state index >= 15 is 0 Å². The fourth-order valence-electron chi connectivity index (χ4n) is 2.31.